The van der Waals surface area contributed by atoms with Gasteiger partial charge >= 0.3 is 0 Å². The van der Waals surface area contributed by atoms with E-state index in [9.17, 15) is 4.79 Å². The van der Waals surface area contributed by atoms with E-state index < -0.39 is 0 Å². The summed E-state index contributed by atoms with van der Waals surface area (Å²) in [6, 6.07) is 9.63. The molecule has 110 valence electrons. The highest BCUT2D eigenvalue weighted by Crippen LogP contribution is 2.08. The summed E-state index contributed by atoms with van der Waals surface area (Å²) in [7, 11) is 1.84. The smallest absolute Gasteiger partial charge is 0.244 e. The van der Waals surface area contributed by atoms with Crippen LogP contribution in [-0.2, 0) is 11.8 Å². The molecule has 0 spiro atoms. The van der Waals surface area contributed by atoms with Gasteiger partial charge in [0.15, 0.2) is 0 Å². The van der Waals surface area contributed by atoms with Crippen LogP contribution in [0.25, 0.3) is 6.08 Å². The summed E-state index contributed by atoms with van der Waals surface area (Å²) >= 11 is 0. The molecule has 0 bridgehead atoms. The van der Waals surface area contributed by atoms with Crippen LogP contribution in [0.3, 0.4) is 0 Å². The largest absolute Gasteiger partial charge is 0.494 e. The van der Waals surface area contributed by atoms with E-state index in [0.29, 0.717) is 13.2 Å². The molecule has 2 rings (SSSR count). The molecule has 0 aliphatic carbocycles. The predicted octanol–water partition coefficient (Wildman–Crippen LogP) is 2.02. The van der Waals surface area contributed by atoms with Crippen molar-refractivity contribution >= 4 is 12.0 Å². The first-order valence-corrected chi connectivity index (χ1v) is 6.86. The van der Waals surface area contributed by atoms with Gasteiger partial charge in [0.2, 0.25) is 5.91 Å². The Morgan fingerprint density at radius 2 is 2.19 bits per heavy atom. The minimum absolute atomic E-state index is 0.112. The van der Waals surface area contributed by atoms with E-state index in [1.165, 1.54) is 6.08 Å². The van der Waals surface area contributed by atoms with Gasteiger partial charge in [0, 0.05) is 31.4 Å². The standard InChI is InChI=1S/C16H19N3O2/c1-19-13-14(12-18-19)8-9-16(20)17-10-5-11-21-15-6-3-2-4-7-15/h2-4,6-9,12-13H,5,10-11H2,1H3,(H,17,20). The molecule has 0 atom stereocenters. The lowest BCUT2D eigenvalue weighted by Crippen LogP contribution is -2.23. The number of aromatic nitrogens is 2. The van der Waals surface area contributed by atoms with Crippen LogP contribution < -0.4 is 10.1 Å². The van der Waals surface area contributed by atoms with Gasteiger partial charge < -0.3 is 10.1 Å². The Hall–Kier alpha value is -2.56. The summed E-state index contributed by atoms with van der Waals surface area (Å²) < 4.78 is 7.23. The summed E-state index contributed by atoms with van der Waals surface area (Å²) in [5.41, 5.74) is 0.903. The number of benzene rings is 1. The fourth-order valence-corrected chi connectivity index (χ4v) is 1.75. The second kappa shape index (κ2) is 7.89. The molecule has 2 aromatic rings. The van der Waals surface area contributed by atoms with Gasteiger partial charge in [-0.15, -0.1) is 0 Å². The van der Waals surface area contributed by atoms with E-state index in [1.807, 2.05) is 43.6 Å². The monoisotopic (exact) mass is 285 g/mol. The van der Waals surface area contributed by atoms with Gasteiger partial charge in [0.25, 0.3) is 0 Å². The Morgan fingerprint density at radius 1 is 1.38 bits per heavy atom. The third-order valence-electron chi connectivity index (χ3n) is 2.78. The topological polar surface area (TPSA) is 56.2 Å². The molecule has 1 aromatic heterocycles. The van der Waals surface area contributed by atoms with Gasteiger partial charge in [0.1, 0.15) is 5.75 Å². The number of nitrogens with one attached hydrogen (secondary N) is 1. The molecule has 1 N–H and O–H groups in total. The molecule has 0 saturated heterocycles. The van der Waals surface area contributed by atoms with Crippen LogP contribution in [0.1, 0.15) is 12.0 Å². The second-order valence-corrected chi connectivity index (χ2v) is 4.59. The molecule has 0 fully saturated rings. The van der Waals surface area contributed by atoms with Crippen LogP contribution in [0.5, 0.6) is 5.75 Å². The first-order valence-electron chi connectivity index (χ1n) is 6.86. The average Bonchev–Trinajstić information content (AvgIpc) is 2.91. The van der Waals surface area contributed by atoms with Gasteiger partial charge in [-0.3, -0.25) is 9.48 Å². The molecule has 1 aromatic carbocycles. The number of para-hydroxylation sites is 1. The molecule has 1 heterocycles. The molecule has 0 radical (unpaired) electrons. The summed E-state index contributed by atoms with van der Waals surface area (Å²) in [5, 5.41) is 6.84. The fraction of sp³-hybridized carbons (Fsp3) is 0.250. The summed E-state index contributed by atoms with van der Waals surface area (Å²) in [6.45, 7) is 1.17. The minimum Gasteiger partial charge on any atom is -0.494 e. The minimum atomic E-state index is -0.112. The number of hydrogen-bond acceptors (Lipinski definition) is 3. The lowest BCUT2D eigenvalue weighted by atomic mass is 10.3. The zero-order valence-electron chi connectivity index (χ0n) is 12.0. The van der Waals surface area contributed by atoms with Crippen molar-refractivity contribution < 1.29 is 9.53 Å². The van der Waals surface area contributed by atoms with Gasteiger partial charge in [-0.2, -0.15) is 5.10 Å². The van der Waals surface area contributed by atoms with Crippen molar-refractivity contribution in [2.75, 3.05) is 13.2 Å². The van der Waals surface area contributed by atoms with Crippen LogP contribution in [0, 0.1) is 0 Å². The first-order chi connectivity index (χ1) is 10.2. The van der Waals surface area contributed by atoms with Crippen molar-refractivity contribution in [3.63, 3.8) is 0 Å². The Morgan fingerprint density at radius 3 is 2.90 bits per heavy atom. The van der Waals surface area contributed by atoms with Crippen molar-refractivity contribution in [1.29, 1.82) is 0 Å². The highest BCUT2D eigenvalue weighted by Gasteiger charge is 1.97. The van der Waals surface area contributed by atoms with Crippen LogP contribution in [0.15, 0.2) is 48.8 Å². The number of amides is 1. The number of carbonyl (C=O) groups excluding carboxylic acids is 1. The lowest BCUT2D eigenvalue weighted by Gasteiger charge is -2.05. The average molecular weight is 285 g/mol. The van der Waals surface area contributed by atoms with Gasteiger partial charge in [-0.05, 0) is 24.6 Å². The summed E-state index contributed by atoms with van der Waals surface area (Å²) in [6.07, 6.45) is 7.56. The van der Waals surface area contributed by atoms with E-state index in [-0.39, 0.29) is 5.91 Å². The molecule has 0 saturated carbocycles. The molecule has 21 heavy (non-hydrogen) atoms. The van der Waals surface area contributed by atoms with Crippen molar-refractivity contribution in [1.82, 2.24) is 15.1 Å². The maximum atomic E-state index is 11.6. The van der Waals surface area contributed by atoms with Crippen molar-refractivity contribution in [2.45, 2.75) is 6.42 Å². The first kappa shape index (κ1) is 14.8. The summed E-state index contributed by atoms with van der Waals surface area (Å²) in [5.74, 6) is 0.735. The number of rotatable bonds is 7. The van der Waals surface area contributed by atoms with E-state index in [2.05, 4.69) is 10.4 Å². The van der Waals surface area contributed by atoms with Crippen molar-refractivity contribution in [2.24, 2.45) is 7.05 Å². The van der Waals surface area contributed by atoms with E-state index in [1.54, 1.807) is 17.0 Å². The maximum Gasteiger partial charge on any atom is 0.244 e. The van der Waals surface area contributed by atoms with Crippen molar-refractivity contribution in [3.05, 3.63) is 54.4 Å². The highest BCUT2D eigenvalue weighted by molar-refractivity contribution is 5.91. The molecule has 0 aliphatic rings. The molecule has 0 unspecified atom stereocenters. The maximum absolute atomic E-state index is 11.6. The fourth-order valence-electron chi connectivity index (χ4n) is 1.75. The van der Waals surface area contributed by atoms with Crippen molar-refractivity contribution in [3.8, 4) is 5.75 Å². The molecular formula is C16H19N3O2. The van der Waals surface area contributed by atoms with Gasteiger partial charge in [0.05, 0.1) is 12.8 Å². The SMILES string of the molecule is Cn1cc(C=CC(=O)NCCCOc2ccccc2)cn1. The summed E-state index contributed by atoms with van der Waals surface area (Å²) in [4.78, 5) is 11.6. The van der Waals surface area contributed by atoms with E-state index >= 15 is 0 Å². The van der Waals surface area contributed by atoms with Gasteiger partial charge in [-0.1, -0.05) is 18.2 Å². The number of hydrogen-bond donors (Lipinski definition) is 1. The van der Waals surface area contributed by atoms with Gasteiger partial charge in [-0.25, -0.2) is 0 Å². The number of nitrogens with zero attached hydrogens (tertiary/aromatic N) is 2. The normalized spacial score (nSPS) is 10.7. The Labute approximate surface area is 124 Å². The molecule has 0 aliphatic heterocycles. The van der Waals surface area contributed by atoms with Crippen LogP contribution in [0.2, 0.25) is 0 Å². The Kier molecular flexibility index (Phi) is 5.58. The second-order valence-electron chi connectivity index (χ2n) is 4.59. The number of ether oxygens (including phenoxy) is 1. The van der Waals surface area contributed by atoms with E-state index in [4.69, 9.17) is 4.74 Å². The third-order valence-corrected chi connectivity index (χ3v) is 2.78. The molecular weight excluding hydrogens is 266 g/mol. The zero-order valence-corrected chi connectivity index (χ0v) is 12.0. The quantitative estimate of drug-likeness (QED) is 0.625. The zero-order chi connectivity index (χ0) is 14.9. The lowest BCUT2D eigenvalue weighted by molar-refractivity contribution is -0.116. The molecule has 1 amide bonds. The number of aryl methyl sites for hydroxylation is 1. The van der Waals surface area contributed by atoms with E-state index in [0.717, 1.165) is 17.7 Å². The number of carbonyl (C=O) groups is 1. The Balaban J connectivity index is 1.60. The third kappa shape index (κ3) is 5.52. The van der Waals surface area contributed by atoms with Crippen LogP contribution in [0.4, 0.5) is 0 Å². The van der Waals surface area contributed by atoms with Crippen LogP contribution >= 0.6 is 0 Å². The molecule has 5 heteroatoms. The highest BCUT2D eigenvalue weighted by atomic mass is 16.5. The Bertz CT molecular complexity index is 591. The predicted molar refractivity (Wildman–Crippen MR) is 81.8 cm³/mol. The molecule has 5 nitrogen and oxygen atoms in total. The van der Waals surface area contributed by atoms with Crippen LogP contribution in [-0.4, -0.2) is 28.8 Å².